The van der Waals surface area contributed by atoms with E-state index < -0.39 is 5.91 Å². The zero-order valence-electron chi connectivity index (χ0n) is 7.47. The number of hydrogen-bond donors (Lipinski definition) is 2. The molecule has 0 atom stereocenters. The Kier molecular flexibility index (Phi) is 2.06. The van der Waals surface area contributed by atoms with E-state index in [1.165, 1.54) is 0 Å². The Morgan fingerprint density at radius 1 is 1.57 bits per heavy atom. The SMILES string of the molecule is NC(=O)C1=CCN(c2ccccn2)N1. The van der Waals surface area contributed by atoms with E-state index in [9.17, 15) is 4.79 Å². The number of anilines is 1. The number of nitrogens with one attached hydrogen (secondary N) is 1. The molecule has 1 aromatic heterocycles. The summed E-state index contributed by atoms with van der Waals surface area (Å²) < 4.78 is 0. The van der Waals surface area contributed by atoms with E-state index in [4.69, 9.17) is 5.73 Å². The predicted octanol–water partition coefficient (Wildman–Crippen LogP) is -0.225. The molecule has 1 amide bonds. The van der Waals surface area contributed by atoms with Gasteiger partial charge in [-0.25, -0.2) is 4.98 Å². The number of hydrogen-bond acceptors (Lipinski definition) is 4. The van der Waals surface area contributed by atoms with Gasteiger partial charge in [-0.05, 0) is 18.2 Å². The van der Waals surface area contributed by atoms with Crippen molar-refractivity contribution in [1.29, 1.82) is 0 Å². The van der Waals surface area contributed by atoms with Crippen LogP contribution in [-0.4, -0.2) is 17.4 Å². The van der Waals surface area contributed by atoms with Crippen LogP contribution in [0.5, 0.6) is 0 Å². The number of amides is 1. The number of pyridine rings is 1. The average Bonchev–Trinajstić information content (AvgIpc) is 2.68. The van der Waals surface area contributed by atoms with Crippen LogP contribution < -0.4 is 16.2 Å². The molecule has 1 aliphatic rings. The van der Waals surface area contributed by atoms with E-state index >= 15 is 0 Å². The Hall–Kier alpha value is -2.04. The molecular formula is C9H10N4O. The number of hydrazine groups is 1. The van der Waals surface area contributed by atoms with Gasteiger partial charge in [0.1, 0.15) is 11.5 Å². The van der Waals surface area contributed by atoms with Crippen molar-refractivity contribution in [3.8, 4) is 0 Å². The summed E-state index contributed by atoms with van der Waals surface area (Å²) in [4.78, 5) is 15.0. The summed E-state index contributed by atoms with van der Waals surface area (Å²) in [6, 6.07) is 5.57. The number of primary amides is 1. The average molecular weight is 190 g/mol. The van der Waals surface area contributed by atoms with Crippen LogP contribution in [-0.2, 0) is 4.79 Å². The van der Waals surface area contributed by atoms with E-state index in [0.717, 1.165) is 5.82 Å². The summed E-state index contributed by atoms with van der Waals surface area (Å²) in [5.74, 6) is 0.309. The van der Waals surface area contributed by atoms with Crippen LogP contribution in [0, 0.1) is 0 Å². The van der Waals surface area contributed by atoms with Gasteiger partial charge in [0, 0.05) is 6.20 Å². The molecule has 2 heterocycles. The lowest BCUT2D eigenvalue weighted by atomic mass is 10.4. The Labute approximate surface area is 81.2 Å². The largest absolute Gasteiger partial charge is 0.364 e. The highest BCUT2D eigenvalue weighted by atomic mass is 16.1. The van der Waals surface area contributed by atoms with Crippen molar-refractivity contribution in [2.75, 3.05) is 11.6 Å². The lowest BCUT2D eigenvalue weighted by molar-refractivity contribution is -0.114. The first kappa shape index (κ1) is 8.55. The van der Waals surface area contributed by atoms with Crippen molar-refractivity contribution >= 4 is 11.7 Å². The van der Waals surface area contributed by atoms with Gasteiger partial charge < -0.3 is 5.73 Å². The van der Waals surface area contributed by atoms with Gasteiger partial charge in [0.2, 0.25) is 0 Å². The number of carbonyl (C=O) groups is 1. The van der Waals surface area contributed by atoms with Gasteiger partial charge in [0.15, 0.2) is 0 Å². The Bertz CT molecular complexity index is 374. The fourth-order valence-corrected chi connectivity index (χ4v) is 1.24. The van der Waals surface area contributed by atoms with Gasteiger partial charge in [0.25, 0.3) is 5.91 Å². The van der Waals surface area contributed by atoms with Gasteiger partial charge in [0.05, 0.1) is 6.54 Å². The molecule has 1 aromatic rings. The number of nitrogens with two attached hydrogens (primary N) is 1. The van der Waals surface area contributed by atoms with Crippen LogP contribution in [0.15, 0.2) is 36.2 Å². The van der Waals surface area contributed by atoms with Crippen LogP contribution in [0.25, 0.3) is 0 Å². The molecule has 3 N–H and O–H groups in total. The van der Waals surface area contributed by atoms with Crippen LogP contribution in [0.4, 0.5) is 5.82 Å². The Morgan fingerprint density at radius 2 is 2.43 bits per heavy atom. The maximum atomic E-state index is 10.8. The highest BCUT2D eigenvalue weighted by molar-refractivity contribution is 5.92. The third kappa shape index (κ3) is 1.52. The van der Waals surface area contributed by atoms with Gasteiger partial charge >= 0.3 is 0 Å². The Morgan fingerprint density at radius 3 is 3.00 bits per heavy atom. The maximum Gasteiger partial charge on any atom is 0.266 e. The normalized spacial score (nSPS) is 14.9. The third-order valence-electron chi connectivity index (χ3n) is 1.92. The lowest BCUT2D eigenvalue weighted by Gasteiger charge is -2.17. The molecule has 14 heavy (non-hydrogen) atoms. The van der Waals surface area contributed by atoms with Crippen molar-refractivity contribution in [3.63, 3.8) is 0 Å². The second-order valence-electron chi connectivity index (χ2n) is 2.89. The number of nitrogens with zero attached hydrogens (tertiary/aromatic N) is 2. The molecule has 0 saturated heterocycles. The number of carbonyl (C=O) groups excluding carboxylic acids is 1. The minimum atomic E-state index is -0.455. The zero-order chi connectivity index (χ0) is 9.97. The standard InChI is InChI=1S/C9H10N4O/c10-9(14)7-4-6-13(12-7)8-3-1-2-5-11-8/h1-5,12H,6H2,(H2,10,14). The molecule has 0 spiro atoms. The molecule has 0 unspecified atom stereocenters. The van der Waals surface area contributed by atoms with E-state index in [1.54, 1.807) is 17.3 Å². The van der Waals surface area contributed by atoms with Gasteiger partial charge in [-0.2, -0.15) is 0 Å². The molecule has 0 fully saturated rings. The Balaban J connectivity index is 2.10. The first-order chi connectivity index (χ1) is 6.77. The van der Waals surface area contributed by atoms with Crippen LogP contribution in [0.1, 0.15) is 0 Å². The molecule has 72 valence electrons. The van der Waals surface area contributed by atoms with Crippen molar-refractivity contribution in [2.45, 2.75) is 0 Å². The number of rotatable bonds is 2. The van der Waals surface area contributed by atoms with E-state index in [0.29, 0.717) is 12.2 Å². The molecule has 0 aliphatic carbocycles. The minimum absolute atomic E-state index is 0.413. The molecule has 1 aliphatic heterocycles. The molecule has 2 rings (SSSR count). The second-order valence-corrected chi connectivity index (χ2v) is 2.89. The minimum Gasteiger partial charge on any atom is -0.364 e. The molecular weight excluding hydrogens is 180 g/mol. The zero-order valence-corrected chi connectivity index (χ0v) is 7.47. The highest BCUT2D eigenvalue weighted by Crippen LogP contribution is 2.11. The summed E-state index contributed by atoms with van der Waals surface area (Å²) in [6.45, 7) is 0.593. The van der Waals surface area contributed by atoms with Crippen LogP contribution in [0.2, 0.25) is 0 Å². The first-order valence-electron chi connectivity index (χ1n) is 4.22. The fraction of sp³-hybridized carbons (Fsp3) is 0.111. The fourth-order valence-electron chi connectivity index (χ4n) is 1.24. The van der Waals surface area contributed by atoms with Crippen LogP contribution >= 0.6 is 0 Å². The highest BCUT2D eigenvalue weighted by Gasteiger charge is 2.17. The van der Waals surface area contributed by atoms with E-state index in [-0.39, 0.29) is 0 Å². The summed E-state index contributed by atoms with van der Waals surface area (Å²) >= 11 is 0. The predicted molar refractivity (Wildman–Crippen MR) is 52.0 cm³/mol. The van der Waals surface area contributed by atoms with Crippen molar-refractivity contribution in [1.82, 2.24) is 10.4 Å². The lowest BCUT2D eigenvalue weighted by Crippen LogP contribution is -2.36. The molecule has 0 bridgehead atoms. The molecule has 5 nitrogen and oxygen atoms in total. The molecule has 0 saturated carbocycles. The third-order valence-corrected chi connectivity index (χ3v) is 1.92. The van der Waals surface area contributed by atoms with Gasteiger partial charge in [-0.3, -0.25) is 15.2 Å². The van der Waals surface area contributed by atoms with Gasteiger partial charge in [-0.15, -0.1) is 0 Å². The van der Waals surface area contributed by atoms with Crippen molar-refractivity contribution in [3.05, 3.63) is 36.2 Å². The van der Waals surface area contributed by atoms with Crippen molar-refractivity contribution < 1.29 is 4.79 Å². The summed E-state index contributed by atoms with van der Waals surface area (Å²) in [5.41, 5.74) is 8.40. The van der Waals surface area contributed by atoms with Crippen molar-refractivity contribution in [2.24, 2.45) is 5.73 Å². The summed E-state index contributed by atoms with van der Waals surface area (Å²) in [5, 5.41) is 1.75. The van der Waals surface area contributed by atoms with Gasteiger partial charge in [-0.1, -0.05) is 6.07 Å². The monoisotopic (exact) mass is 190 g/mol. The topological polar surface area (TPSA) is 71.2 Å². The van der Waals surface area contributed by atoms with E-state index in [2.05, 4.69) is 10.4 Å². The quantitative estimate of drug-likeness (QED) is 0.676. The maximum absolute atomic E-state index is 10.8. The molecule has 0 aromatic carbocycles. The smallest absolute Gasteiger partial charge is 0.266 e. The first-order valence-corrected chi connectivity index (χ1v) is 4.22. The van der Waals surface area contributed by atoms with E-state index in [1.807, 2.05) is 18.2 Å². The summed E-state index contributed by atoms with van der Waals surface area (Å²) in [6.07, 6.45) is 3.43. The molecule has 5 heteroatoms. The van der Waals surface area contributed by atoms with Crippen LogP contribution in [0.3, 0.4) is 0 Å². The summed E-state index contributed by atoms with van der Waals surface area (Å²) in [7, 11) is 0. The second kappa shape index (κ2) is 3.37. The molecule has 0 radical (unpaired) electrons. The number of aromatic nitrogens is 1.